The molecule has 8 heteroatoms. The summed E-state index contributed by atoms with van der Waals surface area (Å²) in [4.78, 5) is 23.4. The Balaban J connectivity index is 1.77. The minimum absolute atomic E-state index is 0.0384. The lowest BCUT2D eigenvalue weighted by atomic mass is 9.87. The maximum Gasteiger partial charge on any atom is 0.228 e. The van der Waals surface area contributed by atoms with Gasteiger partial charge in [0.15, 0.2) is 9.84 Å². The van der Waals surface area contributed by atoms with Gasteiger partial charge in [-0.25, -0.2) is 18.4 Å². The Kier molecular flexibility index (Phi) is 5.47. The van der Waals surface area contributed by atoms with Gasteiger partial charge < -0.3 is 10.2 Å². The molecule has 0 aromatic carbocycles. The second-order valence-corrected chi connectivity index (χ2v) is 10.7. The zero-order valence-corrected chi connectivity index (χ0v) is 17.4. The summed E-state index contributed by atoms with van der Waals surface area (Å²) in [5, 5.41) is 3.20. The predicted molar refractivity (Wildman–Crippen MR) is 105 cm³/mol. The summed E-state index contributed by atoms with van der Waals surface area (Å²) in [5.41, 5.74) is 1.02. The first-order chi connectivity index (χ1) is 12.6. The third kappa shape index (κ3) is 4.42. The maximum absolute atomic E-state index is 13.1. The van der Waals surface area contributed by atoms with Gasteiger partial charge in [0, 0.05) is 24.8 Å². The molecule has 1 N–H and O–H groups in total. The first-order valence-electron chi connectivity index (χ1n) is 9.70. The van der Waals surface area contributed by atoms with Crippen LogP contribution in [0.4, 0.5) is 5.82 Å². The number of anilines is 1. The van der Waals surface area contributed by atoms with Crippen LogP contribution < -0.4 is 5.32 Å². The van der Waals surface area contributed by atoms with Gasteiger partial charge in [-0.3, -0.25) is 4.79 Å². The van der Waals surface area contributed by atoms with Gasteiger partial charge in [-0.15, -0.1) is 0 Å². The zero-order valence-electron chi connectivity index (χ0n) is 16.6. The Morgan fingerprint density at radius 1 is 1.37 bits per heavy atom. The van der Waals surface area contributed by atoms with Crippen LogP contribution in [0.3, 0.4) is 0 Å². The van der Waals surface area contributed by atoms with Crippen LogP contribution in [0.25, 0.3) is 0 Å². The van der Waals surface area contributed by atoms with E-state index < -0.39 is 21.8 Å². The molecule has 2 aliphatic rings. The number of hydrogen-bond acceptors (Lipinski definition) is 6. The Bertz CT molecular complexity index is 811. The molecular formula is C19H30N4O3S. The Morgan fingerprint density at radius 2 is 2.11 bits per heavy atom. The molecule has 0 bridgehead atoms. The fourth-order valence-electron chi connectivity index (χ4n) is 3.93. The van der Waals surface area contributed by atoms with Gasteiger partial charge in [-0.2, -0.15) is 0 Å². The van der Waals surface area contributed by atoms with Crippen LogP contribution in [-0.4, -0.2) is 59.8 Å². The van der Waals surface area contributed by atoms with Crippen LogP contribution in [-0.2, 0) is 14.6 Å². The number of nitrogens with zero attached hydrogens (tertiary/aromatic N) is 3. The number of amides is 1. The minimum Gasteiger partial charge on any atom is -0.365 e. The van der Waals surface area contributed by atoms with Gasteiger partial charge in [-0.05, 0) is 24.2 Å². The molecule has 0 saturated carbocycles. The number of rotatable bonds is 5. The van der Waals surface area contributed by atoms with Crippen molar-refractivity contribution in [3.63, 3.8) is 0 Å². The molecule has 7 nitrogen and oxygen atoms in total. The van der Waals surface area contributed by atoms with E-state index in [9.17, 15) is 13.2 Å². The highest BCUT2D eigenvalue weighted by atomic mass is 32.2. The standard InChI is InChI=1S/C19H30N4O3S/c1-5-19(4)6-7-23(11-19)18(24)14-9-27(25,26)10-16(14)22-17-8-15(13(2)3)20-12-21-17/h8,12-14,16H,5-7,9-11H2,1-4H3,(H,20,21,22)/t14-,16-,19?/m1/s1. The second-order valence-electron chi connectivity index (χ2n) is 8.59. The SMILES string of the molecule is CCC1(C)CCN(C(=O)[C@@H]2CS(=O)(=O)C[C@H]2Nc2cc(C(C)C)ncn2)C1. The van der Waals surface area contributed by atoms with Gasteiger partial charge in [-0.1, -0.05) is 27.7 Å². The van der Waals surface area contributed by atoms with E-state index in [2.05, 4.69) is 29.1 Å². The molecule has 0 radical (unpaired) electrons. The molecule has 1 aromatic heterocycles. The Labute approximate surface area is 161 Å². The fraction of sp³-hybridized carbons (Fsp3) is 0.737. The van der Waals surface area contributed by atoms with E-state index in [-0.39, 0.29) is 28.7 Å². The van der Waals surface area contributed by atoms with Crippen molar-refractivity contribution in [1.29, 1.82) is 0 Å². The first kappa shape index (κ1) is 20.0. The largest absolute Gasteiger partial charge is 0.365 e. The van der Waals surface area contributed by atoms with Gasteiger partial charge in [0.25, 0.3) is 0 Å². The highest BCUT2D eigenvalue weighted by molar-refractivity contribution is 7.91. The second kappa shape index (κ2) is 7.37. The van der Waals surface area contributed by atoms with Crippen LogP contribution in [0.5, 0.6) is 0 Å². The smallest absolute Gasteiger partial charge is 0.228 e. The molecule has 2 fully saturated rings. The molecule has 2 aliphatic heterocycles. The van der Waals surface area contributed by atoms with E-state index in [0.29, 0.717) is 18.9 Å². The van der Waals surface area contributed by atoms with E-state index in [1.165, 1.54) is 6.33 Å². The van der Waals surface area contributed by atoms with E-state index in [1.807, 2.05) is 24.8 Å². The molecular weight excluding hydrogens is 364 g/mol. The van der Waals surface area contributed by atoms with Crippen molar-refractivity contribution in [3.05, 3.63) is 18.1 Å². The van der Waals surface area contributed by atoms with Crippen LogP contribution >= 0.6 is 0 Å². The topological polar surface area (TPSA) is 92.3 Å². The van der Waals surface area contributed by atoms with Crippen molar-refractivity contribution in [2.75, 3.05) is 29.9 Å². The summed E-state index contributed by atoms with van der Waals surface area (Å²) in [6.45, 7) is 9.82. The third-order valence-corrected chi connectivity index (χ3v) is 7.74. The summed E-state index contributed by atoms with van der Waals surface area (Å²) < 4.78 is 24.6. The molecule has 1 unspecified atom stereocenters. The van der Waals surface area contributed by atoms with Gasteiger partial charge >= 0.3 is 0 Å². The first-order valence-corrected chi connectivity index (χ1v) is 11.5. The highest BCUT2D eigenvalue weighted by Gasteiger charge is 2.46. The maximum atomic E-state index is 13.1. The number of nitrogens with one attached hydrogen (secondary N) is 1. The lowest BCUT2D eigenvalue weighted by Crippen LogP contribution is -2.42. The molecule has 3 rings (SSSR count). The summed E-state index contributed by atoms with van der Waals surface area (Å²) in [5.74, 6) is 0.0763. The minimum atomic E-state index is -3.25. The summed E-state index contributed by atoms with van der Waals surface area (Å²) in [6.07, 6.45) is 3.46. The molecule has 1 amide bonds. The number of aromatic nitrogens is 2. The monoisotopic (exact) mass is 394 g/mol. The average Bonchev–Trinajstić information content (AvgIpc) is 3.15. The van der Waals surface area contributed by atoms with E-state index in [1.54, 1.807) is 0 Å². The quantitative estimate of drug-likeness (QED) is 0.822. The van der Waals surface area contributed by atoms with Crippen LogP contribution in [0, 0.1) is 11.3 Å². The van der Waals surface area contributed by atoms with Crippen molar-refractivity contribution >= 4 is 21.6 Å². The molecule has 0 spiro atoms. The Morgan fingerprint density at radius 3 is 2.74 bits per heavy atom. The summed E-state index contributed by atoms with van der Waals surface area (Å²) in [6, 6.07) is 1.38. The zero-order chi connectivity index (χ0) is 19.8. The van der Waals surface area contributed by atoms with E-state index in [4.69, 9.17) is 0 Å². The van der Waals surface area contributed by atoms with E-state index >= 15 is 0 Å². The fourth-order valence-corrected chi connectivity index (χ4v) is 5.85. The van der Waals surface area contributed by atoms with Gasteiger partial charge in [0.05, 0.1) is 23.5 Å². The average molecular weight is 395 g/mol. The molecule has 150 valence electrons. The van der Waals surface area contributed by atoms with Crippen molar-refractivity contribution < 1.29 is 13.2 Å². The highest BCUT2D eigenvalue weighted by Crippen LogP contribution is 2.35. The van der Waals surface area contributed by atoms with Crippen molar-refractivity contribution in [1.82, 2.24) is 14.9 Å². The van der Waals surface area contributed by atoms with Gasteiger partial charge in [0.1, 0.15) is 12.1 Å². The predicted octanol–water partition coefficient (Wildman–Crippen LogP) is 2.07. The number of likely N-dealkylation sites (tertiary alicyclic amines) is 1. The lowest BCUT2D eigenvalue weighted by molar-refractivity contribution is -0.134. The molecule has 1 aromatic rings. The van der Waals surface area contributed by atoms with Crippen molar-refractivity contribution in [3.8, 4) is 0 Å². The van der Waals surface area contributed by atoms with Crippen molar-refractivity contribution in [2.24, 2.45) is 11.3 Å². The normalized spacial score (nSPS) is 30.0. The summed E-state index contributed by atoms with van der Waals surface area (Å²) in [7, 11) is -3.25. The molecule has 27 heavy (non-hydrogen) atoms. The van der Waals surface area contributed by atoms with Crippen LogP contribution in [0.2, 0.25) is 0 Å². The summed E-state index contributed by atoms with van der Waals surface area (Å²) >= 11 is 0. The molecule has 3 heterocycles. The number of carbonyl (C=O) groups is 1. The molecule has 3 atom stereocenters. The van der Waals surface area contributed by atoms with E-state index in [0.717, 1.165) is 18.5 Å². The van der Waals surface area contributed by atoms with Gasteiger partial charge in [0.2, 0.25) is 5.91 Å². The number of sulfone groups is 1. The lowest BCUT2D eigenvalue weighted by Gasteiger charge is -2.27. The Hall–Kier alpha value is -1.70. The van der Waals surface area contributed by atoms with Crippen molar-refractivity contribution in [2.45, 2.75) is 52.5 Å². The molecule has 2 saturated heterocycles. The van der Waals surface area contributed by atoms with Crippen LogP contribution in [0.1, 0.15) is 52.1 Å². The van der Waals surface area contributed by atoms with Crippen LogP contribution in [0.15, 0.2) is 12.4 Å². The molecule has 0 aliphatic carbocycles. The third-order valence-electron chi connectivity index (χ3n) is 6.01. The number of carbonyl (C=O) groups excluding carboxylic acids is 1. The number of hydrogen-bond donors (Lipinski definition) is 1.